The highest BCUT2D eigenvalue weighted by molar-refractivity contribution is 7.98. The molecule has 1 nitrogen and oxygen atoms in total. The molecule has 3 heteroatoms. The van der Waals surface area contributed by atoms with E-state index < -0.39 is 0 Å². The highest BCUT2D eigenvalue weighted by Crippen LogP contribution is 2.21. The van der Waals surface area contributed by atoms with E-state index in [1.54, 1.807) is 0 Å². The van der Waals surface area contributed by atoms with Crippen LogP contribution in [0.5, 0.6) is 0 Å². The summed E-state index contributed by atoms with van der Waals surface area (Å²) in [5.74, 6) is 2.59. The minimum Gasteiger partial charge on any atom is -0.350 e. The molecule has 0 fully saturated rings. The van der Waals surface area contributed by atoms with Crippen molar-refractivity contribution in [2.75, 3.05) is 11.1 Å². The SMILES string of the molecule is CCCCCCCCCCCCSCc1ccc(NC(=S)C(C)c2ccccc2)cc1. The van der Waals surface area contributed by atoms with Crippen molar-refractivity contribution < 1.29 is 0 Å². The molecule has 31 heavy (non-hydrogen) atoms. The van der Waals surface area contributed by atoms with E-state index in [1.165, 1.54) is 81.1 Å². The number of thioether (sulfide) groups is 1. The number of hydrogen-bond donors (Lipinski definition) is 1. The fourth-order valence-corrected chi connectivity index (χ4v) is 4.94. The number of unbranched alkanes of at least 4 members (excludes halogenated alkanes) is 9. The van der Waals surface area contributed by atoms with Gasteiger partial charge in [-0.3, -0.25) is 0 Å². The van der Waals surface area contributed by atoms with Crippen molar-refractivity contribution >= 4 is 34.7 Å². The number of benzene rings is 2. The largest absolute Gasteiger partial charge is 0.350 e. The molecule has 0 aliphatic rings. The van der Waals surface area contributed by atoms with Gasteiger partial charge in [-0.1, -0.05) is 126 Å². The van der Waals surface area contributed by atoms with Gasteiger partial charge in [-0.25, -0.2) is 0 Å². The maximum Gasteiger partial charge on any atom is 0.0870 e. The Hall–Kier alpha value is -1.32. The second-order valence-electron chi connectivity index (χ2n) is 8.55. The van der Waals surface area contributed by atoms with Crippen LogP contribution in [0.2, 0.25) is 0 Å². The maximum atomic E-state index is 5.62. The molecule has 1 atom stereocenters. The van der Waals surface area contributed by atoms with Crippen molar-refractivity contribution in [3.8, 4) is 0 Å². The van der Waals surface area contributed by atoms with Gasteiger partial charge in [0.1, 0.15) is 0 Å². The number of nitrogens with one attached hydrogen (secondary N) is 1. The molecule has 0 aliphatic carbocycles. The summed E-state index contributed by atoms with van der Waals surface area (Å²) in [7, 11) is 0. The van der Waals surface area contributed by atoms with E-state index in [2.05, 4.69) is 79.5 Å². The van der Waals surface area contributed by atoms with Crippen LogP contribution in [-0.4, -0.2) is 10.7 Å². The first-order chi connectivity index (χ1) is 15.2. The topological polar surface area (TPSA) is 12.0 Å². The molecule has 0 saturated heterocycles. The lowest BCUT2D eigenvalue weighted by molar-refractivity contribution is 0.563. The lowest BCUT2D eigenvalue weighted by Crippen LogP contribution is -2.16. The first-order valence-electron chi connectivity index (χ1n) is 12.2. The van der Waals surface area contributed by atoms with Crippen molar-refractivity contribution in [3.05, 3.63) is 65.7 Å². The normalized spacial score (nSPS) is 11.9. The zero-order valence-corrected chi connectivity index (χ0v) is 21.2. The summed E-state index contributed by atoms with van der Waals surface area (Å²) >= 11 is 7.68. The third-order valence-electron chi connectivity index (χ3n) is 5.83. The molecule has 2 aromatic rings. The first kappa shape index (κ1) is 25.9. The summed E-state index contributed by atoms with van der Waals surface area (Å²) in [5.41, 5.74) is 3.72. The highest BCUT2D eigenvalue weighted by Gasteiger charge is 2.11. The molecule has 0 saturated carbocycles. The predicted octanol–water partition coefficient (Wildman–Crippen LogP) is 9.38. The van der Waals surface area contributed by atoms with E-state index in [0.29, 0.717) is 0 Å². The van der Waals surface area contributed by atoms with Gasteiger partial charge in [0, 0.05) is 17.4 Å². The Labute approximate surface area is 200 Å². The van der Waals surface area contributed by atoms with Gasteiger partial charge in [0.25, 0.3) is 0 Å². The maximum absolute atomic E-state index is 5.62. The van der Waals surface area contributed by atoms with Gasteiger partial charge in [0.15, 0.2) is 0 Å². The lowest BCUT2D eigenvalue weighted by atomic mass is 10.0. The molecule has 1 unspecified atom stereocenters. The summed E-state index contributed by atoms with van der Waals surface area (Å²) in [6.07, 6.45) is 14.1. The molecular formula is C28H41NS2. The zero-order valence-electron chi connectivity index (χ0n) is 19.6. The van der Waals surface area contributed by atoms with Gasteiger partial charge < -0.3 is 5.32 Å². The van der Waals surface area contributed by atoms with Crippen LogP contribution in [-0.2, 0) is 5.75 Å². The highest BCUT2D eigenvalue weighted by atomic mass is 32.2. The lowest BCUT2D eigenvalue weighted by Gasteiger charge is -2.16. The van der Waals surface area contributed by atoms with Gasteiger partial charge in [0.05, 0.1) is 4.99 Å². The Kier molecular flexibility index (Phi) is 13.7. The van der Waals surface area contributed by atoms with Crippen LogP contribution in [0.25, 0.3) is 0 Å². The average Bonchev–Trinajstić information content (AvgIpc) is 2.81. The van der Waals surface area contributed by atoms with Gasteiger partial charge >= 0.3 is 0 Å². The molecule has 0 heterocycles. The molecule has 1 N–H and O–H groups in total. The molecular weight excluding hydrogens is 414 g/mol. The van der Waals surface area contributed by atoms with Crippen molar-refractivity contribution in [1.82, 2.24) is 0 Å². The molecule has 0 amide bonds. The Morgan fingerprint density at radius 2 is 1.39 bits per heavy atom. The number of thiocarbonyl (C=S) groups is 1. The Bertz CT molecular complexity index is 712. The second-order valence-corrected chi connectivity index (χ2v) is 10.1. The Morgan fingerprint density at radius 1 is 0.806 bits per heavy atom. The molecule has 170 valence electrons. The summed E-state index contributed by atoms with van der Waals surface area (Å²) < 4.78 is 0. The Morgan fingerprint density at radius 3 is 2.00 bits per heavy atom. The predicted molar refractivity (Wildman–Crippen MR) is 146 cm³/mol. The molecule has 0 spiro atoms. The standard InChI is InChI=1S/C28H41NS2/c1-3-4-5-6-7-8-9-10-11-15-22-31-23-25-18-20-27(21-19-25)29-28(30)24(2)26-16-13-12-14-17-26/h12-14,16-21,24H,3-11,15,22-23H2,1-2H3,(H,29,30). The van der Waals surface area contributed by atoms with Crippen molar-refractivity contribution in [2.45, 2.75) is 89.7 Å². The molecule has 0 radical (unpaired) electrons. The van der Waals surface area contributed by atoms with Crippen LogP contribution >= 0.6 is 24.0 Å². The zero-order chi connectivity index (χ0) is 22.2. The summed E-state index contributed by atoms with van der Waals surface area (Å²) in [5, 5.41) is 3.41. The number of rotatable bonds is 16. The van der Waals surface area contributed by atoms with Crippen LogP contribution in [0.3, 0.4) is 0 Å². The van der Waals surface area contributed by atoms with E-state index in [0.717, 1.165) is 16.4 Å². The second kappa shape index (κ2) is 16.3. The minimum absolute atomic E-state index is 0.215. The molecule has 0 aliphatic heterocycles. The number of hydrogen-bond acceptors (Lipinski definition) is 2. The minimum atomic E-state index is 0.215. The molecule has 2 aromatic carbocycles. The van der Waals surface area contributed by atoms with Crippen LogP contribution in [0.15, 0.2) is 54.6 Å². The van der Waals surface area contributed by atoms with Gasteiger partial charge in [-0.05, 0) is 35.4 Å². The van der Waals surface area contributed by atoms with Crippen molar-refractivity contribution in [3.63, 3.8) is 0 Å². The molecule has 0 bridgehead atoms. The van der Waals surface area contributed by atoms with Crippen LogP contribution in [0.1, 0.15) is 95.1 Å². The summed E-state index contributed by atoms with van der Waals surface area (Å²) in [6, 6.07) is 19.2. The van der Waals surface area contributed by atoms with Crippen LogP contribution in [0.4, 0.5) is 5.69 Å². The van der Waals surface area contributed by atoms with Crippen molar-refractivity contribution in [1.29, 1.82) is 0 Å². The van der Waals surface area contributed by atoms with E-state index >= 15 is 0 Å². The Balaban J connectivity index is 1.54. The fraction of sp³-hybridized carbons (Fsp3) is 0.536. The third-order valence-corrected chi connectivity index (χ3v) is 7.40. The summed E-state index contributed by atoms with van der Waals surface area (Å²) in [6.45, 7) is 4.44. The van der Waals surface area contributed by atoms with Gasteiger partial charge in [0.2, 0.25) is 0 Å². The number of anilines is 1. The van der Waals surface area contributed by atoms with Gasteiger partial charge in [-0.2, -0.15) is 11.8 Å². The quantitative estimate of drug-likeness (QED) is 0.200. The monoisotopic (exact) mass is 455 g/mol. The molecule has 2 rings (SSSR count). The fourth-order valence-electron chi connectivity index (χ4n) is 3.71. The molecule has 0 aromatic heterocycles. The van der Waals surface area contributed by atoms with Crippen LogP contribution < -0.4 is 5.32 Å². The van der Waals surface area contributed by atoms with E-state index in [-0.39, 0.29) is 5.92 Å². The smallest absolute Gasteiger partial charge is 0.0870 e. The summed E-state index contributed by atoms with van der Waals surface area (Å²) in [4.78, 5) is 0.870. The van der Waals surface area contributed by atoms with Gasteiger partial charge in [-0.15, -0.1) is 0 Å². The van der Waals surface area contributed by atoms with E-state index in [4.69, 9.17) is 12.2 Å². The van der Waals surface area contributed by atoms with Crippen molar-refractivity contribution in [2.24, 2.45) is 0 Å². The third kappa shape index (κ3) is 11.2. The first-order valence-corrected chi connectivity index (χ1v) is 13.8. The van der Waals surface area contributed by atoms with E-state index in [9.17, 15) is 0 Å². The van der Waals surface area contributed by atoms with E-state index in [1.807, 2.05) is 6.07 Å². The van der Waals surface area contributed by atoms with Crippen LogP contribution in [0, 0.1) is 0 Å². The average molecular weight is 456 g/mol.